The highest BCUT2D eigenvalue weighted by Gasteiger charge is 2.42. The lowest BCUT2D eigenvalue weighted by Gasteiger charge is -2.41. The molecule has 1 aliphatic carbocycles. The lowest BCUT2D eigenvalue weighted by molar-refractivity contribution is -0.0633. The minimum Gasteiger partial charge on any atom is -0.389 e. The first kappa shape index (κ1) is 12.5. The average molecular weight is 209 g/mol. The van der Waals surface area contributed by atoms with Crippen molar-refractivity contribution in [3.05, 3.63) is 0 Å². The van der Waals surface area contributed by atoms with E-state index in [2.05, 4.69) is 26.8 Å². The molecular weight excluding hydrogens is 186 g/mol. The molecule has 1 aliphatic rings. The molecule has 1 rings (SSSR count). The summed E-state index contributed by atoms with van der Waals surface area (Å²) in [4.78, 5) is 0. The Morgan fingerprint density at radius 1 is 1.40 bits per heavy atom. The number of nitriles is 1. The van der Waals surface area contributed by atoms with Crippen LogP contribution in [0.15, 0.2) is 0 Å². The van der Waals surface area contributed by atoms with Crippen LogP contribution < -0.4 is 0 Å². The Morgan fingerprint density at radius 2 is 1.93 bits per heavy atom. The van der Waals surface area contributed by atoms with E-state index < -0.39 is 5.60 Å². The predicted octanol–water partition coefficient (Wildman–Crippen LogP) is 3.11. The smallest absolute Gasteiger partial charge is 0.0810 e. The van der Waals surface area contributed by atoms with Gasteiger partial charge in [-0.3, -0.25) is 0 Å². The lowest BCUT2D eigenvalue weighted by atomic mass is 9.67. The summed E-state index contributed by atoms with van der Waals surface area (Å²) in [6.45, 7) is 6.44. The second kappa shape index (κ2) is 4.99. The summed E-state index contributed by atoms with van der Waals surface area (Å²) in [5, 5.41) is 19.7. The maximum Gasteiger partial charge on any atom is 0.0810 e. The van der Waals surface area contributed by atoms with Crippen molar-refractivity contribution in [2.75, 3.05) is 0 Å². The van der Waals surface area contributed by atoms with Crippen molar-refractivity contribution < 1.29 is 5.11 Å². The minimum atomic E-state index is -0.720. The Bertz CT molecular complexity index is 233. The Morgan fingerprint density at radius 3 is 2.33 bits per heavy atom. The standard InChI is InChI=1S/C13H23NO/c1-4-5-12(9-14)13(15)7-10(2)6-11(3)8-13/h10-12,15H,4-8H2,1-3H3. The Hall–Kier alpha value is -0.550. The quantitative estimate of drug-likeness (QED) is 0.776. The highest BCUT2D eigenvalue weighted by Crippen LogP contribution is 2.41. The molecule has 0 heterocycles. The molecule has 0 amide bonds. The van der Waals surface area contributed by atoms with E-state index in [9.17, 15) is 5.11 Å². The third kappa shape index (κ3) is 2.95. The third-order valence-corrected chi connectivity index (χ3v) is 3.59. The van der Waals surface area contributed by atoms with Gasteiger partial charge >= 0.3 is 0 Å². The van der Waals surface area contributed by atoms with Crippen molar-refractivity contribution in [3.63, 3.8) is 0 Å². The maximum absolute atomic E-state index is 10.6. The summed E-state index contributed by atoms with van der Waals surface area (Å²) in [5.74, 6) is 0.922. The molecule has 2 nitrogen and oxygen atoms in total. The van der Waals surface area contributed by atoms with Crippen molar-refractivity contribution in [3.8, 4) is 6.07 Å². The van der Waals surface area contributed by atoms with E-state index in [0.717, 1.165) is 25.7 Å². The topological polar surface area (TPSA) is 44.0 Å². The van der Waals surface area contributed by atoms with Crippen LogP contribution in [0.25, 0.3) is 0 Å². The zero-order valence-electron chi connectivity index (χ0n) is 10.2. The summed E-state index contributed by atoms with van der Waals surface area (Å²) < 4.78 is 0. The van der Waals surface area contributed by atoms with E-state index in [4.69, 9.17) is 5.26 Å². The Labute approximate surface area is 93.3 Å². The molecule has 15 heavy (non-hydrogen) atoms. The van der Waals surface area contributed by atoms with Crippen molar-refractivity contribution in [2.45, 2.75) is 58.5 Å². The first-order valence-electron chi connectivity index (χ1n) is 6.13. The zero-order valence-corrected chi connectivity index (χ0v) is 10.2. The van der Waals surface area contributed by atoms with Gasteiger partial charge in [0.25, 0.3) is 0 Å². The van der Waals surface area contributed by atoms with Crippen molar-refractivity contribution >= 4 is 0 Å². The normalized spacial score (nSPS) is 38.3. The molecular formula is C13H23NO. The van der Waals surface area contributed by atoms with Gasteiger partial charge in [-0.2, -0.15) is 5.26 Å². The molecule has 1 fully saturated rings. The number of nitrogens with zero attached hydrogens (tertiary/aromatic N) is 1. The Kier molecular flexibility index (Phi) is 4.16. The number of rotatable bonds is 3. The Balaban J connectivity index is 2.74. The van der Waals surface area contributed by atoms with Crippen molar-refractivity contribution in [1.82, 2.24) is 0 Å². The van der Waals surface area contributed by atoms with E-state index in [0.29, 0.717) is 11.8 Å². The van der Waals surface area contributed by atoms with E-state index in [-0.39, 0.29) is 5.92 Å². The highest BCUT2D eigenvalue weighted by molar-refractivity contribution is 5.01. The number of aliphatic hydroxyl groups is 1. The summed E-state index contributed by atoms with van der Waals surface area (Å²) >= 11 is 0. The van der Waals surface area contributed by atoms with Crippen LogP contribution in [0.2, 0.25) is 0 Å². The molecule has 86 valence electrons. The number of hydrogen-bond donors (Lipinski definition) is 1. The van der Waals surface area contributed by atoms with Crippen LogP contribution in [0.3, 0.4) is 0 Å². The highest BCUT2D eigenvalue weighted by atomic mass is 16.3. The van der Waals surface area contributed by atoms with Gasteiger partial charge in [-0.25, -0.2) is 0 Å². The molecule has 0 aromatic rings. The van der Waals surface area contributed by atoms with Crippen LogP contribution in [-0.4, -0.2) is 10.7 Å². The van der Waals surface area contributed by atoms with Crippen LogP contribution in [0.1, 0.15) is 52.9 Å². The first-order chi connectivity index (χ1) is 7.01. The molecule has 3 atom stereocenters. The maximum atomic E-state index is 10.6. The fraction of sp³-hybridized carbons (Fsp3) is 0.923. The largest absolute Gasteiger partial charge is 0.389 e. The van der Waals surface area contributed by atoms with Gasteiger partial charge in [0.2, 0.25) is 0 Å². The molecule has 0 saturated heterocycles. The molecule has 2 heteroatoms. The number of hydrogen-bond acceptors (Lipinski definition) is 2. The fourth-order valence-electron chi connectivity index (χ4n) is 3.17. The fourth-order valence-corrected chi connectivity index (χ4v) is 3.17. The SMILES string of the molecule is CCCC(C#N)C1(O)CC(C)CC(C)C1. The van der Waals surface area contributed by atoms with Crippen LogP contribution in [0, 0.1) is 29.1 Å². The second-order valence-electron chi connectivity index (χ2n) is 5.43. The van der Waals surface area contributed by atoms with Gasteiger partial charge in [-0.05, 0) is 37.5 Å². The molecule has 0 radical (unpaired) electrons. The van der Waals surface area contributed by atoms with Gasteiger partial charge in [0.15, 0.2) is 0 Å². The molecule has 0 spiro atoms. The second-order valence-corrected chi connectivity index (χ2v) is 5.43. The van der Waals surface area contributed by atoms with Gasteiger partial charge in [0, 0.05) is 0 Å². The summed E-state index contributed by atoms with van der Waals surface area (Å²) in [6, 6.07) is 2.30. The van der Waals surface area contributed by atoms with Gasteiger partial charge in [0.05, 0.1) is 17.6 Å². The van der Waals surface area contributed by atoms with E-state index in [1.807, 2.05) is 0 Å². The molecule has 0 aromatic heterocycles. The van der Waals surface area contributed by atoms with Crippen LogP contribution in [-0.2, 0) is 0 Å². The molecule has 1 saturated carbocycles. The van der Waals surface area contributed by atoms with Crippen molar-refractivity contribution in [1.29, 1.82) is 5.26 Å². The third-order valence-electron chi connectivity index (χ3n) is 3.59. The predicted molar refractivity (Wildman–Crippen MR) is 61.1 cm³/mol. The zero-order chi connectivity index (χ0) is 11.5. The van der Waals surface area contributed by atoms with Gasteiger partial charge in [0.1, 0.15) is 0 Å². The first-order valence-corrected chi connectivity index (χ1v) is 6.13. The summed E-state index contributed by atoms with van der Waals surface area (Å²) in [5.41, 5.74) is -0.720. The van der Waals surface area contributed by atoms with Crippen LogP contribution in [0.4, 0.5) is 0 Å². The summed E-state index contributed by atoms with van der Waals surface area (Å²) in [7, 11) is 0. The molecule has 0 bridgehead atoms. The minimum absolute atomic E-state index is 0.173. The average Bonchev–Trinajstić information content (AvgIpc) is 2.11. The van der Waals surface area contributed by atoms with E-state index in [1.165, 1.54) is 6.42 Å². The van der Waals surface area contributed by atoms with Crippen LogP contribution >= 0.6 is 0 Å². The van der Waals surface area contributed by atoms with Crippen molar-refractivity contribution in [2.24, 2.45) is 17.8 Å². The van der Waals surface area contributed by atoms with E-state index in [1.54, 1.807) is 0 Å². The van der Waals surface area contributed by atoms with Crippen LogP contribution in [0.5, 0.6) is 0 Å². The van der Waals surface area contributed by atoms with Gasteiger partial charge in [-0.15, -0.1) is 0 Å². The monoisotopic (exact) mass is 209 g/mol. The molecule has 0 aromatic carbocycles. The summed E-state index contributed by atoms with van der Waals surface area (Å²) in [6.07, 6.45) is 4.59. The van der Waals surface area contributed by atoms with Gasteiger partial charge in [-0.1, -0.05) is 27.2 Å². The van der Waals surface area contributed by atoms with E-state index >= 15 is 0 Å². The van der Waals surface area contributed by atoms with Gasteiger partial charge < -0.3 is 5.11 Å². The lowest BCUT2D eigenvalue weighted by Crippen LogP contribution is -2.44. The molecule has 1 N–H and O–H groups in total. The molecule has 0 aliphatic heterocycles. The molecule has 3 unspecified atom stereocenters.